The summed E-state index contributed by atoms with van der Waals surface area (Å²) in [4.78, 5) is 14.5. The summed E-state index contributed by atoms with van der Waals surface area (Å²) in [6.07, 6.45) is 3.83. The predicted octanol–water partition coefficient (Wildman–Crippen LogP) is 2.08. The molecule has 0 radical (unpaired) electrons. The Hall–Kier alpha value is -1.96. The van der Waals surface area contributed by atoms with Gasteiger partial charge in [0.05, 0.1) is 18.1 Å². The molecule has 1 aromatic rings. The molecule has 1 heterocycles. The van der Waals surface area contributed by atoms with Crippen LogP contribution in [0.1, 0.15) is 22.8 Å². The molecule has 0 atom stereocenters. The topological polar surface area (TPSA) is 66.9 Å². The van der Waals surface area contributed by atoms with E-state index in [1.165, 1.54) is 10.4 Å². The Balaban J connectivity index is 2.43. The maximum absolute atomic E-state index is 13.1. The Kier molecular flexibility index (Phi) is 7.14. The maximum Gasteiger partial charge on any atom is 0.254 e. The van der Waals surface area contributed by atoms with E-state index in [1.807, 2.05) is 6.92 Å². The highest BCUT2D eigenvalue weighted by atomic mass is 32.2. The lowest BCUT2D eigenvalue weighted by Gasteiger charge is -2.27. The largest absolute Gasteiger partial charge is 0.379 e. The number of morpholine rings is 1. The first-order valence-electron chi connectivity index (χ1n) is 8.67. The van der Waals surface area contributed by atoms with Gasteiger partial charge in [-0.1, -0.05) is 25.1 Å². The number of benzene rings is 1. The summed E-state index contributed by atoms with van der Waals surface area (Å²) in [5, 5.41) is 0. The third kappa shape index (κ3) is 4.41. The minimum absolute atomic E-state index is 0.199. The number of nitrogens with zero attached hydrogens (tertiary/aromatic N) is 2. The van der Waals surface area contributed by atoms with Crippen LogP contribution in [0, 0.1) is 0 Å². The predicted molar refractivity (Wildman–Crippen MR) is 102 cm³/mol. The molecule has 6 nitrogen and oxygen atoms in total. The molecule has 1 aliphatic rings. The van der Waals surface area contributed by atoms with Crippen LogP contribution in [0.2, 0.25) is 0 Å². The first-order valence-corrected chi connectivity index (χ1v) is 10.1. The van der Waals surface area contributed by atoms with Gasteiger partial charge in [0.1, 0.15) is 0 Å². The van der Waals surface area contributed by atoms with Crippen LogP contribution in [-0.2, 0) is 21.2 Å². The Morgan fingerprint density at radius 1 is 1.23 bits per heavy atom. The van der Waals surface area contributed by atoms with Crippen molar-refractivity contribution in [2.75, 3.05) is 39.4 Å². The van der Waals surface area contributed by atoms with Crippen molar-refractivity contribution in [3.8, 4) is 0 Å². The average Bonchev–Trinajstić information content (AvgIpc) is 2.67. The number of carbonyl (C=O) groups excluding carboxylic acids is 1. The summed E-state index contributed by atoms with van der Waals surface area (Å²) < 4.78 is 32.8. The second kappa shape index (κ2) is 9.12. The van der Waals surface area contributed by atoms with Gasteiger partial charge < -0.3 is 9.64 Å². The Morgan fingerprint density at radius 3 is 2.38 bits per heavy atom. The van der Waals surface area contributed by atoms with Crippen LogP contribution < -0.4 is 0 Å². The summed E-state index contributed by atoms with van der Waals surface area (Å²) >= 11 is 0. The van der Waals surface area contributed by atoms with Crippen molar-refractivity contribution in [1.29, 1.82) is 0 Å². The Bertz CT molecular complexity index is 758. The number of amides is 1. The summed E-state index contributed by atoms with van der Waals surface area (Å²) in [6, 6.07) is 4.89. The molecule has 1 aliphatic heterocycles. The maximum atomic E-state index is 13.1. The molecule has 1 amide bonds. The number of aryl methyl sites for hydroxylation is 1. The molecule has 0 aromatic heterocycles. The summed E-state index contributed by atoms with van der Waals surface area (Å²) in [5.41, 5.74) is 1.05. The zero-order valence-corrected chi connectivity index (χ0v) is 16.0. The monoisotopic (exact) mass is 378 g/mol. The Labute approximate surface area is 155 Å². The second-order valence-corrected chi connectivity index (χ2v) is 7.89. The second-order valence-electron chi connectivity index (χ2n) is 5.98. The van der Waals surface area contributed by atoms with Crippen molar-refractivity contribution in [3.05, 3.63) is 54.6 Å². The van der Waals surface area contributed by atoms with Crippen LogP contribution in [0.4, 0.5) is 0 Å². The molecule has 0 N–H and O–H groups in total. The van der Waals surface area contributed by atoms with Crippen LogP contribution in [0.25, 0.3) is 0 Å². The number of hydrogen-bond acceptors (Lipinski definition) is 4. The summed E-state index contributed by atoms with van der Waals surface area (Å²) in [7, 11) is -3.67. The highest BCUT2D eigenvalue weighted by Gasteiger charge is 2.29. The van der Waals surface area contributed by atoms with E-state index in [0.29, 0.717) is 56.9 Å². The lowest BCUT2D eigenvalue weighted by atomic mass is 10.1. The zero-order chi connectivity index (χ0) is 19.2. The molecule has 142 valence electrons. The highest BCUT2D eigenvalue weighted by molar-refractivity contribution is 7.89. The first kappa shape index (κ1) is 20.4. The molecule has 0 unspecified atom stereocenters. The molecule has 1 saturated heterocycles. The van der Waals surface area contributed by atoms with Crippen molar-refractivity contribution >= 4 is 15.9 Å². The van der Waals surface area contributed by atoms with Crippen molar-refractivity contribution in [2.45, 2.75) is 18.2 Å². The minimum atomic E-state index is -3.67. The first-order chi connectivity index (χ1) is 12.5. The third-order valence-corrected chi connectivity index (χ3v) is 6.25. The van der Waals surface area contributed by atoms with E-state index in [2.05, 4.69) is 13.2 Å². The molecule has 0 aliphatic carbocycles. The van der Waals surface area contributed by atoms with Crippen molar-refractivity contribution in [2.24, 2.45) is 0 Å². The van der Waals surface area contributed by atoms with Crippen molar-refractivity contribution < 1.29 is 17.9 Å². The van der Waals surface area contributed by atoms with Gasteiger partial charge in [-0.3, -0.25) is 4.79 Å². The number of carbonyl (C=O) groups is 1. The molecule has 7 heteroatoms. The van der Waals surface area contributed by atoms with Crippen LogP contribution in [0.5, 0.6) is 0 Å². The van der Waals surface area contributed by atoms with Crippen LogP contribution in [0.15, 0.2) is 48.4 Å². The van der Waals surface area contributed by atoms with Gasteiger partial charge in [-0.2, -0.15) is 4.31 Å². The highest BCUT2D eigenvalue weighted by Crippen LogP contribution is 2.24. The molecule has 2 rings (SSSR count). The third-order valence-electron chi connectivity index (χ3n) is 4.27. The fourth-order valence-electron chi connectivity index (χ4n) is 2.88. The lowest BCUT2D eigenvalue weighted by Crippen LogP contribution is -2.41. The lowest BCUT2D eigenvalue weighted by molar-refractivity contribution is 0.0730. The van der Waals surface area contributed by atoms with Crippen molar-refractivity contribution in [1.82, 2.24) is 9.21 Å². The van der Waals surface area contributed by atoms with Gasteiger partial charge in [-0.15, -0.1) is 13.2 Å². The molecule has 0 bridgehead atoms. The summed E-state index contributed by atoms with van der Waals surface area (Å²) in [5.74, 6) is -0.245. The van der Waals surface area contributed by atoms with Gasteiger partial charge in [0, 0.05) is 31.7 Å². The molecule has 26 heavy (non-hydrogen) atoms. The normalized spacial score (nSPS) is 15.4. The summed E-state index contributed by atoms with van der Waals surface area (Å²) in [6.45, 7) is 11.4. The smallest absolute Gasteiger partial charge is 0.254 e. The standard InChI is InChI=1S/C19H26N2O4S/c1-4-9-20(10-5-2)19(22)17-8-7-16(6-3)18(15-17)26(23,24)21-11-13-25-14-12-21/h4-5,7-8,15H,1-2,6,9-14H2,3H3. The number of ether oxygens (including phenoxy) is 1. The van der Waals surface area contributed by atoms with E-state index < -0.39 is 10.0 Å². The van der Waals surface area contributed by atoms with Gasteiger partial charge in [-0.25, -0.2) is 8.42 Å². The fraction of sp³-hybridized carbons (Fsp3) is 0.421. The van der Waals surface area contributed by atoms with E-state index in [1.54, 1.807) is 29.2 Å². The SMILES string of the molecule is C=CCN(CC=C)C(=O)c1ccc(CC)c(S(=O)(=O)N2CCOCC2)c1. The number of hydrogen-bond donors (Lipinski definition) is 0. The van der Waals surface area contributed by atoms with E-state index >= 15 is 0 Å². The molecule has 0 spiro atoms. The van der Waals surface area contributed by atoms with Gasteiger partial charge in [0.2, 0.25) is 10.0 Å². The minimum Gasteiger partial charge on any atom is -0.379 e. The molecular weight excluding hydrogens is 352 g/mol. The van der Waals surface area contributed by atoms with Crippen molar-refractivity contribution in [3.63, 3.8) is 0 Å². The van der Waals surface area contributed by atoms with Gasteiger partial charge >= 0.3 is 0 Å². The zero-order valence-electron chi connectivity index (χ0n) is 15.2. The van der Waals surface area contributed by atoms with E-state index in [4.69, 9.17) is 4.74 Å². The van der Waals surface area contributed by atoms with E-state index in [0.717, 1.165) is 0 Å². The number of rotatable bonds is 8. The number of sulfonamides is 1. The quantitative estimate of drug-likeness (QED) is 0.650. The van der Waals surface area contributed by atoms with E-state index in [9.17, 15) is 13.2 Å². The van der Waals surface area contributed by atoms with Crippen LogP contribution >= 0.6 is 0 Å². The van der Waals surface area contributed by atoms with Crippen LogP contribution in [-0.4, -0.2) is 62.9 Å². The van der Waals surface area contributed by atoms with Crippen LogP contribution in [0.3, 0.4) is 0 Å². The van der Waals surface area contributed by atoms with Gasteiger partial charge in [0.15, 0.2) is 0 Å². The molecular formula is C19H26N2O4S. The molecule has 0 saturated carbocycles. The van der Waals surface area contributed by atoms with E-state index in [-0.39, 0.29) is 10.8 Å². The molecule has 1 aromatic carbocycles. The Morgan fingerprint density at radius 2 is 1.85 bits per heavy atom. The average molecular weight is 378 g/mol. The fourth-order valence-corrected chi connectivity index (χ4v) is 4.61. The van der Waals surface area contributed by atoms with Gasteiger partial charge in [-0.05, 0) is 24.1 Å². The van der Waals surface area contributed by atoms with Gasteiger partial charge in [0.25, 0.3) is 5.91 Å². The molecule has 1 fully saturated rings.